The summed E-state index contributed by atoms with van der Waals surface area (Å²) in [6.07, 6.45) is -2.91. The minimum Gasteiger partial charge on any atom is -0.386 e. The SMILES string of the molecule is CCC1CC(N)=NN=C1c1ccc(C(F)(F)F)cc1. The van der Waals surface area contributed by atoms with Gasteiger partial charge in [-0.3, -0.25) is 0 Å². The molecule has 1 aromatic carbocycles. The first-order valence-electron chi connectivity index (χ1n) is 5.99. The number of rotatable bonds is 2. The topological polar surface area (TPSA) is 50.7 Å². The zero-order valence-electron chi connectivity index (χ0n) is 10.4. The number of nitrogens with zero attached hydrogens (tertiary/aromatic N) is 2. The van der Waals surface area contributed by atoms with Crippen molar-refractivity contribution in [1.29, 1.82) is 0 Å². The average molecular weight is 269 g/mol. The van der Waals surface area contributed by atoms with Crippen LogP contribution in [0.4, 0.5) is 13.2 Å². The van der Waals surface area contributed by atoms with E-state index < -0.39 is 11.7 Å². The lowest BCUT2D eigenvalue weighted by Crippen LogP contribution is -2.26. The van der Waals surface area contributed by atoms with Crippen LogP contribution in [0.3, 0.4) is 0 Å². The monoisotopic (exact) mass is 269 g/mol. The van der Waals surface area contributed by atoms with Crippen LogP contribution in [0.25, 0.3) is 0 Å². The second-order valence-electron chi connectivity index (χ2n) is 4.46. The molecular weight excluding hydrogens is 255 g/mol. The summed E-state index contributed by atoms with van der Waals surface area (Å²) in [6, 6.07) is 4.99. The van der Waals surface area contributed by atoms with Crippen LogP contribution in [0.5, 0.6) is 0 Å². The molecule has 0 amide bonds. The predicted octanol–water partition coefficient (Wildman–Crippen LogP) is 3.20. The van der Waals surface area contributed by atoms with Gasteiger partial charge in [0.15, 0.2) is 0 Å². The van der Waals surface area contributed by atoms with Crippen molar-refractivity contribution < 1.29 is 13.2 Å². The fourth-order valence-corrected chi connectivity index (χ4v) is 2.05. The standard InChI is InChI=1S/C13H14F3N3/c1-2-8-7-11(17)18-19-12(8)9-3-5-10(6-4-9)13(14,15)16/h3-6,8H,2,7H2,1H3,(H2,17,18). The van der Waals surface area contributed by atoms with E-state index in [1.54, 1.807) is 0 Å². The highest BCUT2D eigenvalue weighted by atomic mass is 19.4. The van der Waals surface area contributed by atoms with Crippen molar-refractivity contribution in [2.75, 3.05) is 0 Å². The minimum absolute atomic E-state index is 0.106. The van der Waals surface area contributed by atoms with Crippen LogP contribution in [-0.2, 0) is 6.18 Å². The van der Waals surface area contributed by atoms with Gasteiger partial charge in [0.05, 0.1) is 11.3 Å². The van der Waals surface area contributed by atoms with Crippen LogP contribution >= 0.6 is 0 Å². The van der Waals surface area contributed by atoms with Crippen molar-refractivity contribution in [3.8, 4) is 0 Å². The fraction of sp³-hybridized carbons (Fsp3) is 0.385. The molecule has 2 N–H and O–H groups in total. The highest BCUT2D eigenvalue weighted by Gasteiger charge is 2.30. The van der Waals surface area contributed by atoms with Gasteiger partial charge >= 0.3 is 6.18 Å². The van der Waals surface area contributed by atoms with Gasteiger partial charge in [0.2, 0.25) is 0 Å². The number of alkyl halides is 3. The quantitative estimate of drug-likeness (QED) is 0.880. The van der Waals surface area contributed by atoms with Gasteiger partial charge in [-0.15, -0.1) is 5.10 Å². The number of hydrogen-bond acceptors (Lipinski definition) is 3. The molecule has 1 heterocycles. The Morgan fingerprint density at radius 2 is 1.84 bits per heavy atom. The van der Waals surface area contributed by atoms with Gasteiger partial charge in [-0.1, -0.05) is 19.1 Å². The first-order chi connectivity index (χ1) is 8.91. The van der Waals surface area contributed by atoms with Crippen LogP contribution in [-0.4, -0.2) is 11.5 Å². The number of nitrogens with two attached hydrogens (primary N) is 1. The first kappa shape index (κ1) is 13.6. The Balaban J connectivity index is 2.32. The van der Waals surface area contributed by atoms with Crippen molar-refractivity contribution >= 4 is 11.5 Å². The molecule has 1 aromatic rings. The smallest absolute Gasteiger partial charge is 0.386 e. The van der Waals surface area contributed by atoms with E-state index >= 15 is 0 Å². The third-order valence-corrected chi connectivity index (χ3v) is 3.13. The lowest BCUT2D eigenvalue weighted by atomic mass is 9.90. The largest absolute Gasteiger partial charge is 0.416 e. The molecule has 2 rings (SSSR count). The van der Waals surface area contributed by atoms with E-state index in [2.05, 4.69) is 10.2 Å². The Kier molecular flexibility index (Phi) is 3.59. The van der Waals surface area contributed by atoms with Gasteiger partial charge in [-0.2, -0.15) is 18.3 Å². The molecule has 0 spiro atoms. The predicted molar refractivity (Wildman–Crippen MR) is 68.0 cm³/mol. The van der Waals surface area contributed by atoms with E-state index in [0.29, 0.717) is 23.5 Å². The maximum Gasteiger partial charge on any atom is 0.416 e. The molecule has 0 saturated heterocycles. The molecule has 6 heteroatoms. The molecule has 0 fully saturated rings. The normalized spacial score (nSPS) is 19.9. The molecule has 1 aliphatic heterocycles. The van der Waals surface area contributed by atoms with Gasteiger partial charge < -0.3 is 5.73 Å². The summed E-state index contributed by atoms with van der Waals surface area (Å²) in [4.78, 5) is 0. The molecule has 1 unspecified atom stereocenters. The molecule has 0 saturated carbocycles. The van der Waals surface area contributed by atoms with Crippen LogP contribution in [0.2, 0.25) is 0 Å². The van der Waals surface area contributed by atoms with Gasteiger partial charge in [0.25, 0.3) is 0 Å². The van der Waals surface area contributed by atoms with Gasteiger partial charge in [0.1, 0.15) is 5.84 Å². The second kappa shape index (κ2) is 5.03. The highest BCUT2D eigenvalue weighted by Crippen LogP contribution is 2.30. The summed E-state index contributed by atoms with van der Waals surface area (Å²) < 4.78 is 37.5. The van der Waals surface area contributed by atoms with Crippen molar-refractivity contribution in [2.24, 2.45) is 21.9 Å². The Hall–Kier alpha value is -1.85. The summed E-state index contributed by atoms with van der Waals surface area (Å²) in [6.45, 7) is 1.99. The fourth-order valence-electron chi connectivity index (χ4n) is 2.05. The van der Waals surface area contributed by atoms with E-state index in [0.717, 1.165) is 18.6 Å². The molecule has 0 bridgehead atoms. The van der Waals surface area contributed by atoms with Crippen molar-refractivity contribution in [3.63, 3.8) is 0 Å². The van der Waals surface area contributed by atoms with Gasteiger partial charge in [-0.25, -0.2) is 0 Å². The van der Waals surface area contributed by atoms with E-state index in [1.165, 1.54) is 12.1 Å². The third-order valence-electron chi connectivity index (χ3n) is 3.13. The summed E-state index contributed by atoms with van der Waals surface area (Å²) >= 11 is 0. The Bertz CT molecular complexity index is 515. The zero-order chi connectivity index (χ0) is 14.0. The average Bonchev–Trinajstić information content (AvgIpc) is 2.37. The van der Waals surface area contributed by atoms with Crippen LogP contribution in [0.1, 0.15) is 30.9 Å². The van der Waals surface area contributed by atoms with Crippen molar-refractivity contribution in [2.45, 2.75) is 25.9 Å². The van der Waals surface area contributed by atoms with E-state index in [4.69, 9.17) is 5.73 Å². The maximum absolute atomic E-state index is 12.5. The van der Waals surface area contributed by atoms with Crippen LogP contribution in [0.15, 0.2) is 34.5 Å². The Labute approximate surface area is 109 Å². The number of amidine groups is 1. The number of benzene rings is 1. The lowest BCUT2D eigenvalue weighted by molar-refractivity contribution is -0.137. The zero-order valence-corrected chi connectivity index (χ0v) is 10.4. The Morgan fingerprint density at radius 1 is 1.21 bits per heavy atom. The number of halogens is 3. The molecule has 0 aromatic heterocycles. The van der Waals surface area contributed by atoms with Gasteiger partial charge in [-0.05, 0) is 24.1 Å². The second-order valence-corrected chi connectivity index (χ2v) is 4.46. The van der Waals surface area contributed by atoms with Crippen LogP contribution in [0, 0.1) is 5.92 Å². The molecule has 0 radical (unpaired) electrons. The highest BCUT2D eigenvalue weighted by molar-refractivity contribution is 6.05. The number of hydrogen-bond donors (Lipinski definition) is 1. The van der Waals surface area contributed by atoms with E-state index in [9.17, 15) is 13.2 Å². The molecule has 1 atom stereocenters. The van der Waals surface area contributed by atoms with E-state index in [-0.39, 0.29) is 5.92 Å². The first-order valence-corrected chi connectivity index (χ1v) is 5.99. The molecule has 19 heavy (non-hydrogen) atoms. The third kappa shape index (κ3) is 2.94. The summed E-state index contributed by atoms with van der Waals surface area (Å²) in [5.74, 6) is 0.566. The maximum atomic E-state index is 12.5. The summed E-state index contributed by atoms with van der Waals surface area (Å²) in [7, 11) is 0. The Morgan fingerprint density at radius 3 is 2.37 bits per heavy atom. The van der Waals surface area contributed by atoms with E-state index in [1.807, 2.05) is 6.92 Å². The van der Waals surface area contributed by atoms with Crippen molar-refractivity contribution in [1.82, 2.24) is 0 Å². The van der Waals surface area contributed by atoms with Gasteiger partial charge in [0, 0.05) is 12.3 Å². The minimum atomic E-state index is -4.32. The summed E-state index contributed by atoms with van der Waals surface area (Å²) in [5, 5.41) is 7.84. The molecule has 1 aliphatic rings. The van der Waals surface area contributed by atoms with Crippen molar-refractivity contribution in [3.05, 3.63) is 35.4 Å². The lowest BCUT2D eigenvalue weighted by Gasteiger charge is -2.20. The molecular formula is C13H14F3N3. The molecule has 0 aliphatic carbocycles. The van der Waals surface area contributed by atoms with Crippen LogP contribution < -0.4 is 5.73 Å². The summed E-state index contributed by atoms with van der Waals surface area (Å²) in [5.41, 5.74) is 6.32. The molecule has 102 valence electrons. The molecule has 3 nitrogen and oxygen atoms in total.